The van der Waals surface area contributed by atoms with Crippen molar-refractivity contribution < 1.29 is 9.59 Å². The number of amides is 2. The van der Waals surface area contributed by atoms with Crippen molar-refractivity contribution in [3.05, 3.63) is 47.8 Å². The van der Waals surface area contributed by atoms with Crippen molar-refractivity contribution in [2.45, 2.75) is 45.2 Å². The van der Waals surface area contributed by atoms with Gasteiger partial charge in [0.25, 0.3) is 5.91 Å². The molecule has 4 rings (SSSR count). The van der Waals surface area contributed by atoms with E-state index in [4.69, 9.17) is 0 Å². The SMILES string of the molecule is CCc1c(C(=O)N2CCN(C(C)C(=O)NC3CC3)CC2)cnn1-c1ccccc1. The summed E-state index contributed by atoms with van der Waals surface area (Å²) in [7, 11) is 0. The Balaban J connectivity index is 1.41. The molecule has 1 unspecified atom stereocenters. The molecule has 1 N–H and O–H groups in total. The fourth-order valence-electron chi connectivity index (χ4n) is 3.88. The molecule has 1 aliphatic carbocycles. The number of piperazine rings is 1. The van der Waals surface area contributed by atoms with Crippen molar-refractivity contribution in [2.75, 3.05) is 26.2 Å². The normalized spacial score (nSPS) is 18.5. The monoisotopic (exact) mass is 395 g/mol. The molecule has 1 aromatic heterocycles. The average molecular weight is 396 g/mol. The summed E-state index contributed by atoms with van der Waals surface area (Å²) in [5, 5.41) is 7.55. The predicted molar refractivity (Wildman–Crippen MR) is 111 cm³/mol. The first-order valence-corrected chi connectivity index (χ1v) is 10.5. The quantitative estimate of drug-likeness (QED) is 0.811. The number of hydrogen-bond donors (Lipinski definition) is 1. The highest BCUT2D eigenvalue weighted by atomic mass is 16.2. The van der Waals surface area contributed by atoms with E-state index >= 15 is 0 Å². The lowest BCUT2D eigenvalue weighted by molar-refractivity contribution is -0.126. The minimum absolute atomic E-state index is 0.0266. The molecule has 2 amide bonds. The number of aromatic nitrogens is 2. The zero-order valence-corrected chi connectivity index (χ0v) is 17.2. The molecule has 2 heterocycles. The predicted octanol–water partition coefficient (Wildman–Crippen LogP) is 1.86. The Labute approximate surface area is 171 Å². The van der Waals surface area contributed by atoms with E-state index < -0.39 is 0 Å². The van der Waals surface area contributed by atoms with Gasteiger partial charge in [-0.25, -0.2) is 4.68 Å². The second kappa shape index (κ2) is 8.37. The third-order valence-electron chi connectivity index (χ3n) is 5.89. The first-order valence-electron chi connectivity index (χ1n) is 10.5. The minimum atomic E-state index is -0.153. The summed E-state index contributed by atoms with van der Waals surface area (Å²) in [5.41, 5.74) is 2.56. The lowest BCUT2D eigenvalue weighted by Crippen LogP contribution is -2.55. The lowest BCUT2D eigenvalue weighted by atomic mass is 10.1. The second-order valence-corrected chi connectivity index (χ2v) is 7.89. The van der Waals surface area contributed by atoms with Crippen molar-refractivity contribution in [1.29, 1.82) is 0 Å². The van der Waals surface area contributed by atoms with Crippen LogP contribution in [0.3, 0.4) is 0 Å². The second-order valence-electron chi connectivity index (χ2n) is 7.89. The minimum Gasteiger partial charge on any atom is -0.352 e. The maximum Gasteiger partial charge on any atom is 0.257 e. The van der Waals surface area contributed by atoms with Crippen LogP contribution >= 0.6 is 0 Å². The van der Waals surface area contributed by atoms with Crippen LogP contribution < -0.4 is 5.32 Å². The number of hydrogen-bond acceptors (Lipinski definition) is 4. The van der Waals surface area contributed by atoms with Gasteiger partial charge in [0.05, 0.1) is 29.2 Å². The average Bonchev–Trinajstić information content (AvgIpc) is 3.47. The molecule has 1 aromatic carbocycles. The highest BCUT2D eigenvalue weighted by molar-refractivity contribution is 5.95. The summed E-state index contributed by atoms with van der Waals surface area (Å²) in [6.07, 6.45) is 4.61. The van der Waals surface area contributed by atoms with Gasteiger partial charge in [0.15, 0.2) is 0 Å². The highest BCUT2D eigenvalue weighted by Gasteiger charge is 2.32. The summed E-state index contributed by atoms with van der Waals surface area (Å²) in [6, 6.07) is 10.1. The van der Waals surface area contributed by atoms with E-state index in [-0.39, 0.29) is 17.9 Å². The van der Waals surface area contributed by atoms with E-state index in [9.17, 15) is 9.59 Å². The molecule has 1 saturated heterocycles. The van der Waals surface area contributed by atoms with Crippen LogP contribution in [0.15, 0.2) is 36.5 Å². The van der Waals surface area contributed by atoms with Crippen LogP contribution in [0.25, 0.3) is 5.69 Å². The molecule has 7 heteroatoms. The Morgan fingerprint density at radius 1 is 1.14 bits per heavy atom. The third kappa shape index (κ3) is 4.19. The standard InChI is InChI=1S/C22H29N5O2/c1-3-20-19(15-23-27(20)18-7-5-4-6-8-18)22(29)26-13-11-25(12-14-26)16(2)21(28)24-17-9-10-17/h4-8,15-17H,3,9-14H2,1-2H3,(H,24,28). The van der Waals surface area contributed by atoms with E-state index in [1.165, 1.54) is 0 Å². The highest BCUT2D eigenvalue weighted by Crippen LogP contribution is 2.20. The van der Waals surface area contributed by atoms with Crippen molar-refractivity contribution >= 4 is 11.8 Å². The molecule has 0 radical (unpaired) electrons. The number of carbonyl (C=O) groups excluding carboxylic acids is 2. The van der Waals surface area contributed by atoms with E-state index in [1.807, 2.05) is 53.8 Å². The Morgan fingerprint density at radius 3 is 2.45 bits per heavy atom. The molecule has 1 atom stereocenters. The van der Waals surface area contributed by atoms with Crippen LogP contribution in [-0.2, 0) is 11.2 Å². The fraction of sp³-hybridized carbons (Fsp3) is 0.500. The van der Waals surface area contributed by atoms with Gasteiger partial charge in [0.1, 0.15) is 0 Å². The fourth-order valence-corrected chi connectivity index (χ4v) is 3.88. The van der Waals surface area contributed by atoms with Crippen molar-refractivity contribution in [3.63, 3.8) is 0 Å². The van der Waals surface area contributed by atoms with Gasteiger partial charge in [0, 0.05) is 32.2 Å². The van der Waals surface area contributed by atoms with Crippen LogP contribution in [0.2, 0.25) is 0 Å². The number of carbonyl (C=O) groups is 2. The van der Waals surface area contributed by atoms with Gasteiger partial charge in [-0.3, -0.25) is 14.5 Å². The molecule has 29 heavy (non-hydrogen) atoms. The first kappa shape index (κ1) is 19.6. The summed E-state index contributed by atoms with van der Waals surface area (Å²) in [5.74, 6) is 0.128. The molecule has 0 bridgehead atoms. The largest absolute Gasteiger partial charge is 0.352 e. The molecule has 2 aromatic rings. The van der Waals surface area contributed by atoms with Crippen molar-refractivity contribution in [1.82, 2.24) is 24.9 Å². The number of para-hydroxylation sites is 1. The van der Waals surface area contributed by atoms with Gasteiger partial charge >= 0.3 is 0 Å². The first-order chi connectivity index (χ1) is 14.1. The smallest absolute Gasteiger partial charge is 0.257 e. The molecular formula is C22H29N5O2. The van der Waals surface area contributed by atoms with E-state index in [0.29, 0.717) is 37.8 Å². The van der Waals surface area contributed by atoms with Crippen LogP contribution in [0.1, 0.15) is 42.7 Å². The van der Waals surface area contributed by atoms with Gasteiger partial charge in [-0.05, 0) is 38.3 Å². The summed E-state index contributed by atoms with van der Waals surface area (Å²) in [6.45, 7) is 6.66. The van der Waals surface area contributed by atoms with Gasteiger partial charge in [-0.15, -0.1) is 0 Å². The molecule has 154 valence electrons. The maximum absolute atomic E-state index is 13.2. The van der Waals surface area contributed by atoms with Gasteiger partial charge < -0.3 is 10.2 Å². The van der Waals surface area contributed by atoms with Crippen molar-refractivity contribution in [3.8, 4) is 5.69 Å². The van der Waals surface area contributed by atoms with Crippen LogP contribution in [-0.4, -0.2) is 69.7 Å². The molecule has 0 spiro atoms. The van der Waals surface area contributed by atoms with E-state index in [0.717, 1.165) is 30.6 Å². The molecule has 2 aliphatic rings. The molecule has 2 fully saturated rings. The van der Waals surface area contributed by atoms with Gasteiger partial charge in [0.2, 0.25) is 5.91 Å². The number of rotatable bonds is 6. The van der Waals surface area contributed by atoms with E-state index in [2.05, 4.69) is 15.3 Å². The van der Waals surface area contributed by atoms with Gasteiger partial charge in [-0.2, -0.15) is 5.10 Å². The van der Waals surface area contributed by atoms with Gasteiger partial charge in [-0.1, -0.05) is 25.1 Å². The molecule has 1 saturated carbocycles. The van der Waals surface area contributed by atoms with Crippen LogP contribution in [0, 0.1) is 0 Å². The number of benzene rings is 1. The maximum atomic E-state index is 13.2. The summed E-state index contributed by atoms with van der Waals surface area (Å²) < 4.78 is 1.85. The summed E-state index contributed by atoms with van der Waals surface area (Å²) >= 11 is 0. The molecular weight excluding hydrogens is 366 g/mol. The van der Waals surface area contributed by atoms with E-state index in [1.54, 1.807) is 6.20 Å². The van der Waals surface area contributed by atoms with Crippen molar-refractivity contribution in [2.24, 2.45) is 0 Å². The zero-order chi connectivity index (χ0) is 20.4. The Kier molecular flexibility index (Phi) is 5.67. The molecule has 7 nitrogen and oxygen atoms in total. The Morgan fingerprint density at radius 2 is 1.83 bits per heavy atom. The topological polar surface area (TPSA) is 70.5 Å². The zero-order valence-electron chi connectivity index (χ0n) is 17.2. The number of nitrogens with zero attached hydrogens (tertiary/aromatic N) is 4. The lowest BCUT2D eigenvalue weighted by Gasteiger charge is -2.37. The third-order valence-corrected chi connectivity index (χ3v) is 5.89. The Hall–Kier alpha value is -2.67. The molecule has 1 aliphatic heterocycles. The van der Waals surface area contributed by atoms with Crippen LogP contribution in [0.4, 0.5) is 0 Å². The summed E-state index contributed by atoms with van der Waals surface area (Å²) in [4.78, 5) is 29.5. The number of nitrogens with one attached hydrogen (secondary N) is 1. The Bertz CT molecular complexity index is 867. The van der Waals surface area contributed by atoms with Crippen LogP contribution in [0.5, 0.6) is 0 Å².